The number of carboxylic acids is 1. The number of carboxylic acid groups (broad SMARTS) is 1. The van der Waals surface area contributed by atoms with E-state index in [1.807, 2.05) is 17.5 Å². The quantitative estimate of drug-likeness (QED) is 0.272. The van der Waals surface area contributed by atoms with E-state index in [-0.39, 0.29) is 24.2 Å². The zero-order chi connectivity index (χ0) is 25.8. The highest BCUT2D eigenvalue weighted by Gasteiger charge is 2.29. The summed E-state index contributed by atoms with van der Waals surface area (Å²) in [4.78, 5) is 38.7. The lowest BCUT2D eigenvalue weighted by Crippen LogP contribution is -2.43. The molecule has 4 N–H and O–H groups in total. The summed E-state index contributed by atoms with van der Waals surface area (Å²) in [6, 6.07) is 10.00. The summed E-state index contributed by atoms with van der Waals surface area (Å²) in [6.45, 7) is 0.836. The predicted molar refractivity (Wildman–Crippen MR) is 144 cm³/mol. The third kappa shape index (κ3) is 6.00. The Balaban J connectivity index is 1.35. The van der Waals surface area contributed by atoms with Gasteiger partial charge in [-0.05, 0) is 65.1 Å². The van der Waals surface area contributed by atoms with E-state index in [2.05, 4.69) is 5.32 Å². The van der Waals surface area contributed by atoms with Crippen LogP contribution in [0.25, 0.3) is 16.2 Å². The Morgan fingerprint density at radius 3 is 2.61 bits per heavy atom. The Labute approximate surface area is 222 Å². The number of thiophene rings is 1. The molecule has 3 aromatic rings. The van der Waals surface area contributed by atoms with E-state index in [9.17, 15) is 19.5 Å². The Morgan fingerprint density at radius 2 is 1.92 bits per heavy atom. The fourth-order valence-electron chi connectivity index (χ4n) is 4.31. The number of nitrogens with zero attached hydrogens (tertiary/aromatic N) is 1. The topological polar surface area (TPSA) is 113 Å². The molecule has 1 fully saturated rings. The SMILES string of the molecule is Nc1cccc(C(CC(=O)O)NC(=O)C2CCN(C(=O)C=Cc3cc4ccsc4c(Cl)c3Cl)CC2)c1. The van der Waals surface area contributed by atoms with Gasteiger partial charge in [0.1, 0.15) is 0 Å². The average molecular weight is 546 g/mol. The number of piperidine rings is 1. The number of amides is 2. The molecule has 1 aromatic heterocycles. The Hall–Kier alpha value is -3.07. The second-order valence-electron chi connectivity index (χ2n) is 8.69. The van der Waals surface area contributed by atoms with Gasteiger partial charge in [0.25, 0.3) is 0 Å². The maximum atomic E-state index is 12.9. The summed E-state index contributed by atoms with van der Waals surface area (Å²) in [6.07, 6.45) is 3.85. The van der Waals surface area contributed by atoms with E-state index in [1.54, 1.807) is 35.2 Å². The molecule has 0 saturated carbocycles. The van der Waals surface area contributed by atoms with E-state index in [0.717, 1.165) is 10.1 Å². The molecular weight excluding hydrogens is 521 g/mol. The number of nitrogens with one attached hydrogen (secondary N) is 1. The van der Waals surface area contributed by atoms with Crippen molar-refractivity contribution in [2.75, 3.05) is 18.8 Å². The van der Waals surface area contributed by atoms with Gasteiger partial charge in [-0.15, -0.1) is 11.3 Å². The molecule has 2 heterocycles. The van der Waals surface area contributed by atoms with E-state index in [1.165, 1.54) is 17.4 Å². The van der Waals surface area contributed by atoms with Crippen LogP contribution in [-0.4, -0.2) is 40.9 Å². The first-order valence-corrected chi connectivity index (χ1v) is 13.1. The van der Waals surface area contributed by atoms with Gasteiger partial charge in [0.05, 0.1) is 27.2 Å². The summed E-state index contributed by atoms with van der Waals surface area (Å²) in [5.41, 5.74) is 7.63. The van der Waals surface area contributed by atoms with Crippen LogP contribution in [0, 0.1) is 5.92 Å². The summed E-state index contributed by atoms with van der Waals surface area (Å²) < 4.78 is 0.909. The Kier molecular flexibility index (Phi) is 8.18. The number of rotatable bonds is 7. The number of benzene rings is 2. The number of nitrogens with two attached hydrogens (primary N) is 1. The highest BCUT2D eigenvalue weighted by Crippen LogP contribution is 2.37. The minimum absolute atomic E-state index is 0.171. The van der Waals surface area contributed by atoms with Gasteiger partial charge in [0, 0.05) is 30.8 Å². The molecule has 10 heteroatoms. The first kappa shape index (κ1) is 26.0. The van der Waals surface area contributed by atoms with Gasteiger partial charge in [0.15, 0.2) is 0 Å². The molecular formula is C26H25Cl2N3O4S. The summed E-state index contributed by atoms with van der Waals surface area (Å²) in [5, 5.41) is 15.9. The number of carbonyl (C=O) groups is 3. The molecule has 0 spiro atoms. The van der Waals surface area contributed by atoms with Gasteiger partial charge in [-0.3, -0.25) is 14.4 Å². The molecule has 188 valence electrons. The Bertz CT molecular complexity index is 1330. The van der Waals surface area contributed by atoms with Gasteiger partial charge in [-0.2, -0.15) is 0 Å². The van der Waals surface area contributed by atoms with Crippen LogP contribution in [0.15, 0.2) is 47.9 Å². The number of aliphatic carboxylic acids is 1. The largest absolute Gasteiger partial charge is 0.481 e. The van der Waals surface area contributed by atoms with Crippen LogP contribution in [-0.2, 0) is 14.4 Å². The van der Waals surface area contributed by atoms with E-state index in [0.29, 0.717) is 52.8 Å². The summed E-state index contributed by atoms with van der Waals surface area (Å²) in [7, 11) is 0. The number of anilines is 1. The fourth-order valence-corrected chi connectivity index (χ4v) is 5.75. The number of hydrogen-bond acceptors (Lipinski definition) is 5. The molecule has 1 unspecified atom stereocenters. The number of nitrogen functional groups attached to an aromatic ring is 1. The molecule has 2 amide bonds. The van der Waals surface area contributed by atoms with Crippen molar-refractivity contribution in [1.82, 2.24) is 10.2 Å². The minimum Gasteiger partial charge on any atom is -0.481 e. The molecule has 1 saturated heterocycles. The first-order valence-electron chi connectivity index (χ1n) is 11.4. The van der Waals surface area contributed by atoms with Crippen LogP contribution in [0.2, 0.25) is 10.0 Å². The maximum absolute atomic E-state index is 12.9. The third-order valence-corrected chi connectivity index (χ3v) is 8.19. The normalized spacial score (nSPS) is 15.3. The Morgan fingerprint density at radius 1 is 1.17 bits per heavy atom. The highest BCUT2D eigenvalue weighted by molar-refractivity contribution is 7.18. The predicted octanol–water partition coefficient (Wildman–Crippen LogP) is 5.37. The highest BCUT2D eigenvalue weighted by atomic mass is 35.5. The molecule has 2 aromatic carbocycles. The minimum atomic E-state index is -1.02. The van der Waals surface area contributed by atoms with E-state index >= 15 is 0 Å². The first-order chi connectivity index (χ1) is 17.2. The van der Waals surface area contributed by atoms with Crippen LogP contribution >= 0.6 is 34.5 Å². The molecule has 0 radical (unpaired) electrons. The number of carbonyl (C=O) groups excluding carboxylic acids is 2. The van der Waals surface area contributed by atoms with Crippen molar-refractivity contribution in [3.05, 3.63) is 69.0 Å². The van der Waals surface area contributed by atoms with Crippen molar-refractivity contribution in [2.24, 2.45) is 5.92 Å². The molecule has 36 heavy (non-hydrogen) atoms. The summed E-state index contributed by atoms with van der Waals surface area (Å²) >= 11 is 14.3. The number of likely N-dealkylation sites (tertiary alicyclic amines) is 1. The van der Waals surface area contributed by atoms with Crippen molar-refractivity contribution < 1.29 is 19.5 Å². The van der Waals surface area contributed by atoms with Crippen molar-refractivity contribution >= 4 is 74.2 Å². The number of hydrogen-bond donors (Lipinski definition) is 3. The third-order valence-electron chi connectivity index (χ3n) is 6.24. The van der Waals surface area contributed by atoms with Gasteiger partial charge in [0.2, 0.25) is 11.8 Å². The lowest BCUT2D eigenvalue weighted by Gasteiger charge is -2.31. The van der Waals surface area contributed by atoms with Crippen molar-refractivity contribution in [2.45, 2.75) is 25.3 Å². The van der Waals surface area contributed by atoms with Crippen molar-refractivity contribution in [3.63, 3.8) is 0 Å². The zero-order valence-electron chi connectivity index (χ0n) is 19.2. The van der Waals surface area contributed by atoms with Gasteiger partial charge >= 0.3 is 5.97 Å². The van der Waals surface area contributed by atoms with Crippen molar-refractivity contribution in [1.29, 1.82) is 0 Å². The maximum Gasteiger partial charge on any atom is 0.305 e. The van der Waals surface area contributed by atoms with Gasteiger partial charge in [-0.1, -0.05) is 35.3 Å². The van der Waals surface area contributed by atoms with Crippen LogP contribution in [0.5, 0.6) is 0 Å². The van der Waals surface area contributed by atoms with Crippen LogP contribution in [0.3, 0.4) is 0 Å². The standard InChI is InChI=1S/C26H25Cl2N3O4S/c27-23-17(12-18-8-11-36-25(18)24(23)28)4-5-21(32)31-9-6-15(7-10-31)26(35)30-20(14-22(33)34)16-2-1-3-19(29)13-16/h1-5,8,11-13,15,20H,6-7,9-10,14,29H2,(H,30,35)(H,33,34). The zero-order valence-corrected chi connectivity index (χ0v) is 21.6. The van der Waals surface area contributed by atoms with Crippen LogP contribution in [0.1, 0.15) is 36.4 Å². The second-order valence-corrected chi connectivity index (χ2v) is 10.4. The van der Waals surface area contributed by atoms with Crippen LogP contribution < -0.4 is 11.1 Å². The van der Waals surface area contributed by atoms with Crippen molar-refractivity contribution in [3.8, 4) is 0 Å². The molecule has 1 aliphatic heterocycles. The average Bonchev–Trinajstić information content (AvgIpc) is 3.33. The smallest absolute Gasteiger partial charge is 0.305 e. The lowest BCUT2D eigenvalue weighted by molar-refractivity contribution is -0.138. The monoisotopic (exact) mass is 545 g/mol. The second kappa shape index (κ2) is 11.3. The lowest BCUT2D eigenvalue weighted by atomic mass is 9.94. The summed E-state index contributed by atoms with van der Waals surface area (Å²) in [5.74, 6) is -1.73. The fraction of sp³-hybridized carbons (Fsp3) is 0.269. The molecule has 0 aliphatic carbocycles. The van der Waals surface area contributed by atoms with Crippen LogP contribution in [0.4, 0.5) is 5.69 Å². The van der Waals surface area contributed by atoms with E-state index in [4.69, 9.17) is 28.9 Å². The molecule has 0 bridgehead atoms. The molecule has 7 nitrogen and oxygen atoms in total. The number of fused-ring (bicyclic) bond motifs is 1. The molecule has 1 atom stereocenters. The molecule has 4 rings (SSSR count). The molecule has 1 aliphatic rings. The van der Waals surface area contributed by atoms with Gasteiger partial charge < -0.3 is 21.1 Å². The number of halogens is 2. The van der Waals surface area contributed by atoms with Gasteiger partial charge in [-0.25, -0.2) is 0 Å². The van der Waals surface area contributed by atoms with E-state index < -0.39 is 12.0 Å².